The first-order valence-corrected chi connectivity index (χ1v) is 13.9. The van der Waals surface area contributed by atoms with Gasteiger partial charge in [0.1, 0.15) is 12.7 Å². The maximum Gasteiger partial charge on any atom is 0.137 e. The molecule has 8 nitrogen and oxygen atoms in total. The van der Waals surface area contributed by atoms with Crippen LogP contribution in [0.3, 0.4) is 0 Å². The van der Waals surface area contributed by atoms with Gasteiger partial charge in [0.05, 0.1) is 0 Å². The third-order valence-corrected chi connectivity index (χ3v) is 8.87. The Morgan fingerprint density at radius 1 is 0.706 bits per heavy atom. The van der Waals surface area contributed by atoms with E-state index < -0.39 is 0 Å². The number of hydrogen-bond acceptors (Lipinski definition) is 7. The van der Waals surface area contributed by atoms with E-state index in [1.165, 1.54) is 104 Å². The van der Waals surface area contributed by atoms with E-state index in [1.54, 1.807) is 6.33 Å². The van der Waals surface area contributed by atoms with Crippen LogP contribution in [0, 0.1) is 11.8 Å². The lowest BCUT2D eigenvalue weighted by atomic mass is 9.83. The van der Waals surface area contributed by atoms with Gasteiger partial charge in [-0.3, -0.25) is 14.5 Å². The SMILES string of the molecule is CN1CCN(C2CCCCC2CO)CC1.CN1CCN(C2CCCCC2Cn2cncn2)CC1. The number of hydrogen-bond donors (Lipinski definition) is 1. The van der Waals surface area contributed by atoms with E-state index in [0.29, 0.717) is 18.6 Å². The highest BCUT2D eigenvalue weighted by molar-refractivity contribution is 4.87. The normalized spacial score (nSPS) is 32.8. The second-order valence-corrected chi connectivity index (χ2v) is 11.2. The number of nitrogens with zero attached hydrogens (tertiary/aromatic N) is 7. The summed E-state index contributed by atoms with van der Waals surface area (Å²) in [7, 11) is 4.42. The Morgan fingerprint density at radius 2 is 1.21 bits per heavy atom. The van der Waals surface area contributed by atoms with Gasteiger partial charge >= 0.3 is 0 Å². The zero-order valence-corrected chi connectivity index (χ0v) is 21.8. The molecule has 2 saturated carbocycles. The van der Waals surface area contributed by atoms with E-state index in [-0.39, 0.29) is 0 Å². The average Bonchev–Trinajstić information content (AvgIpc) is 3.39. The van der Waals surface area contributed by atoms with Crippen molar-refractivity contribution in [3.8, 4) is 0 Å². The summed E-state index contributed by atoms with van der Waals surface area (Å²) in [4.78, 5) is 14.2. The third kappa shape index (κ3) is 7.23. The Morgan fingerprint density at radius 3 is 1.71 bits per heavy atom. The fourth-order valence-electron chi connectivity index (χ4n) is 6.64. The van der Waals surface area contributed by atoms with Crippen LogP contribution in [0.1, 0.15) is 51.4 Å². The van der Waals surface area contributed by atoms with Crippen LogP contribution < -0.4 is 0 Å². The second kappa shape index (κ2) is 13.3. The van der Waals surface area contributed by atoms with Gasteiger partial charge in [-0.25, -0.2) is 4.98 Å². The fraction of sp³-hybridized carbons (Fsp3) is 0.923. The zero-order valence-electron chi connectivity index (χ0n) is 21.8. The summed E-state index contributed by atoms with van der Waals surface area (Å²) in [6.45, 7) is 11.1. The van der Waals surface area contributed by atoms with Gasteiger partial charge in [-0.1, -0.05) is 25.7 Å². The van der Waals surface area contributed by atoms with Crippen molar-refractivity contribution in [2.45, 2.75) is 70.0 Å². The topological polar surface area (TPSA) is 63.9 Å². The molecule has 1 N–H and O–H groups in total. The van der Waals surface area contributed by atoms with Crippen molar-refractivity contribution in [1.29, 1.82) is 0 Å². The number of piperazine rings is 2. The minimum Gasteiger partial charge on any atom is -0.396 e. The first-order chi connectivity index (χ1) is 16.6. The van der Waals surface area contributed by atoms with E-state index in [4.69, 9.17) is 0 Å². The van der Waals surface area contributed by atoms with Crippen molar-refractivity contribution in [1.82, 2.24) is 34.4 Å². The summed E-state index contributed by atoms with van der Waals surface area (Å²) in [5, 5.41) is 13.7. The van der Waals surface area contributed by atoms with Crippen LogP contribution in [-0.2, 0) is 6.54 Å². The first kappa shape index (κ1) is 26.0. The molecule has 3 heterocycles. The van der Waals surface area contributed by atoms with Gasteiger partial charge in [0.15, 0.2) is 0 Å². The molecule has 4 fully saturated rings. The predicted octanol–water partition coefficient (Wildman–Crippen LogP) is 1.87. The standard InChI is InChI=1S/C14H25N5.C12H24N2O/c1-17-6-8-18(9-7-17)14-5-3-2-4-13(14)10-19-12-15-11-16-19;1-13-6-8-14(9-7-13)12-5-3-2-4-11(12)10-15/h11-14H,2-10H2,1H3;11-12,15H,2-10H2,1H3. The Bertz CT molecular complexity index is 671. The van der Waals surface area contributed by atoms with E-state index in [0.717, 1.165) is 18.5 Å². The third-order valence-electron chi connectivity index (χ3n) is 8.87. The summed E-state index contributed by atoms with van der Waals surface area (Å²) in [5.74, 6) is 1.29. The van der Waals surface area contributed by atoms with E-state index in [1.807, 2.05) is 11.0 Å². The molecule has 5 rings (SSSR count). The van der Waals surface area contributed by atoms with Crippen molar-refractivity contribution in [3.63, 3.8) is 0 Å². The highest BCUT2D eigenvalue weighted by Crippen LogP contribution is 2.30. The molecule has 0 radical (unpaired) electrons. The molecule has 2 aliphatic heterocycles. The van der Waals surface area contributed by atoms with Gasteiger partial charge in [-0.2, -0.15) is 5.10 Å². The van der Waals surface area contributed by atoms with Crippen LogP contribution in [0.2, 0.25) is 0 Å². The molecule has 4 unspecified atom stereocenters. The molecule has 4 aliphatic rings. The van der Waals surface area contributed by atoms with Gasteiger partial charge in [0, 0.05) is 77.6 Å². The molecule has 0 spiro atoms. The molecule has 2 aliphatic carbocycles. The van der Waals surface area contributed by atoms with E-state index >= 15 is 0 Å². The molecule has 2 saturated heterocycles. The van der Waals surface area contributed by atoms with Gasteiger partial charge in [0.2, 0.25) is 0 Å². The zero-order chi connectivity index (χ0) is 23.8. The molecule has 0 bridgehead atoms. The molecule has 8 heteroatoms. The maximum atomic E-state index is 9.41. The Hall–Kier alpha value is -1.06. The quantitative estimate of drug-likeness (QED) is 0.697. The van der Waals surface area contributed by atoms with Gasteiger partial charge < -0.3 is 14.9 Å². The molecule has 194 valence electrons. The van der Waals surface area contributed by atoms with Crippen LogP contribution >= 0.6 is 0 Å². The van der Waals surface area contributed by atoms with Crippen molar-refractivity contribution in [2.75, 3.05) is 73.1 Å². The van der Waals surface area contributed by atoms with E-state index in [9.17, 15) is 5.11 Å². The number of aliphatic hydroxyl groups is 1. The molecular formula is C26H49N7O. The molecular weight excluding hydrogens is 426 g/mol. The number of likely N-dealkylation sites (N-methyl/N-ethyl adjacent to an activating group) is 2. The highest BCUT2D eigenvalue weighted by Gasteiger charge is 2.32. The average molecular weight is 476 g/mol. The van der Waals surface area contributed by atoms with Crippen molar-refractivity contribution >= 4 is 0 Å². The van der Waals surface area contributed by atoms with Gasteiger partial charge in [-0.05, 0) is 51.6 Å². The van der Waals surface area contributed by atoms with Crippen molar-refractivity contribution < 1.29 is 5.11 Å². The fourth-order valence-corrected chi connectivity index (χ4v) is 6.64. The Labute approximate surface area is 207 Å². The lowest BCUT2D eigenvalue weighted by Gasteiger charge is -2.43. The van der Waals surface area contributed by atoms with Gasteiger partial charge in [0.25, 0.3) is 0 Å². The first-order valence-electron chi connectivity index (χ1n) is 13.9. The Balaban J connectivity index is 0.000000166. The van der Waals surface area contributed by atoms with Crippen LogP contribution in [-0.4, -0.2) is 125 Å². The monoisotopic (exact) mass is 475 g/mol. The number of rotatable bonds is 5. The summed E-state index contributed by atoms with van der Waals surface area (Å²) in [6.07, 6.45) is 14.2. The summed E-state index contributed by atoms with van der Waals surface area (Å²) < 4.78 is 2.01. The summed E-state index contributed by atoms with van der Waals surface area (Å²) in [5.41, 5.74) is 0. The second-order valence-electron chi connectivity index (χ2n) is 11.2. The predicted molar refractivity (Wildman–Crippen MR) is 137 cm³/mol. The molecule has 0 amide bonds. The van der Waals surface area contributed by atoms with Crippen LogP contribution in [0.15, 0.2) is 12.7 Å². The van der Waals surface area contributed by atoms with Crippen LogP contribution in [0.5, 0.6) is 0 Å². The smallest absolute Gasteiger partial charge is 0.137 e. The maximum absolute atomic E-state index is 9.41. The molecule has 0 aromatic carbocycles. The minimum atomic E-state index is 0.386. The number of aliphatic hydroxyl groups excluding tert-OH is 1. The van der Waals surface area contributed by atoms with Gasteiger partial charge in [-0.15, -0.1) is 0 Å². The molecule has 1 aromatic rings. The van der Waals surface area contributed by atoms with Crippen molar-refractivity contribution in [2.24, 2.45) is 11.8 Å². The van der Waals surface area contributed by atoms with E-state index in [2.05, 4.69) is 43.8 Å². The Kier molecular flexibility index (Phi) is 10.2. The van der Waals surface area contributed by atoms with Crippen LogP contribution in [0.25, 0.3) is 0 Å². The highest BCUT2D eigenvalue weighted by atomic mass is 16.3. The summed E-state index contributed by atoms with van der Waals surface area (Å²) >= 11 is 0. The molecule has 1 aromatic heterocycles. The van der Waals surface area contributed by atoms with Crippen molar-refractivity contribution in [3.05, 3.63) is 12.7 Å². The minimum absolute atomic E-state index is 0.386. The largest absolute Gasteiger partial charge is 0.396 e. The number of aromatic nitrogens is 3. The van der Waals surface area contributed by atoms with Crippen LogP contribution in [0.4, 0.5) is 0 Å². The summed E-state index contributed by atoms with van der Waals surface area (Å²) in [6, 6.07) is 1.42. The lowest BCUT2D eigenvalue weighted by Crippen LogP contribution is -2.52. The molecule has 4 atom stereocenters. The molecule has 34 heavy (non-hydrogen) atoms. The lowest BCUT2D eigenvalue weighted by molar-refractivity contribution is 0.0353.